The zero-order chi connectivity index (χ0) is 23.7. The number of fused-ring (bicyclic) bond motifs is 2. The molecule has 3 aromatic rings. The molecule has 0 bridgehead atoms. The monoisotopic (exact) mass is 465 g/mol. The number of rotatable bonds is 4. The summed E-state index contributed by atoms with van der Waals surface area (Å²) < 4.78 is 22.5. The van der Waals surface area contributed by atoms with E-state index in [0.29, 0.717) is 84.9 Å². The summed E-state index contributed by atoms with van der Waals surface area (Å²) in [6.45, 7) is 2.68. The van der Waals surface area contributed by atoms with Gasteiger partial charge in [0.05, 0.1) is 26.3 Å². The smallest absolute Gasteiger partial charge is 0.263 e. The quantitative estimate of drug-likeness (QED) is 0.619. The minimum atomic E-state index is -0.565. The number of anilines is 2. The Morgan fingerprint density at radius 2 is 1.74 bits per heavy atom. The van der Waals surface area contributed by atoms with Crippen LogP contribution in [0.25, 0.3) is 10.9 Å². The van der Waals surface area contributed by atoms with E-state index in [0.717, 1.165) is 0 Å². The number of para-hydroxylation sites is 2. The number of aromatic nitrogens is 2. The number of benzene rings is 2. The van der Waals surface area contributed by atoms with E-state index in [4.69, 9.17) is 29.7 Å². The maximum atomic E-state index is 13.2. The molecule has 2 N–H and O–H groups in total. The summed E-state index contributed by atoms with van der Waals surface area (Å²) in [6, 6.07) is 11.0. The molecular weight excluding hydrogens is 438 g/mol. The van der Waals surface area contributed by atoms with E-state index in [1.165, 1.54) is 0 Å². The molecular formula is C24H27N5O5. The van der Waals surface area contributed by atoms with E-state index < -0.39 is 6.10 Å². The highest BCUT2D eigenvalue weighted by Crippen LogP contribution is 2.34. The van der Waals surface area contributed by atoms with Crippen molar-refractivity contribution in [1.82, 2.24) is 14.9 Å². The number of hydrogen-bond donors (Lipinski definition) is 1. The molecule has 2 aliphatic rings. The molecule has 0 radical (unpaired) electrons. The Hall–Kier alpha value is -3.95. The predicted molar refractivity (Wildman–Crippen MR) is 127 cm³/mol. The van der Waals surface area contributed by atoms with Crippen molar-refractivity contribution in [2.45, 2.75) is 12.5 Å². The first-order valence-electron chi connectivity index (χ1n) is 11.2. The van der Waals surface area contributed by atoms with Gasteiger partial charge in [-0.3, -0.25) is 4.79 Å². The van der Waals surface area contributed by atoms with Crippen LogP contribution in [0.1, 0.15) is 6.42 Å². The molecule has 1 saturated heterocycles. The van der Waals surface area contributed by atoms with Crippen LogP contribution in [0.3, 0.4) is 0 Å². The van der Waals surface area contributed by atoms with Crippen molar-refractivity contribution in [3.63, 3.8) is 0 Å². The van der Waals surface area contributed by atoms with Crippen molar-refractivity contribution in [2.24, 2.45) is 0 Å². The number of nitrogens with zero attached hydrogens (tertiary/aromatic N) is 4. The highest BCUT2D eigenvalue weighted by molar-refractivity contribution is 5.91. The van der Waals surface area contributed by atoms with Gasteiger partial charge in [0.1, 0.15) is 5.82 Å². The topological polar surface area (TPSA) is 112 Å². The lowest BCUT2D eigenvalue weighted by molar-refractivity contribution is -0.139. The Kier molecular flexibility index (Phi) is 5.87. The third kappa shape index (κ3) is 4.07. The second-order valence-corrected chi connectivity index (χ2v) is 8.14. The predicted octanol–water partition coefficient (Wildman–Crippen LogP) is 2.11. The summed E-state index contributed by atoms with van der Waals surface area (Å²) in [5.41, 5.74) is 6.91. The normalized spacial score (nSPS) is 17.9. The van der Waals surface area contributed by atoms with Gasteiger partial charge in [0.25, 0.3) is 5.91 Å². The van der Waals surface area contributed by atoms with Crippen LogP contribution in [0, 0.1) is 0 Å². The number of methoxy groups -OCH3 is 2. The number of hydrogen-bond acceptors (Lipinski definition) is 9. The van der Waals surface area contributed by atoms with E-state index >= 15 is 0 Å². The molecule has 1 amide bonds. The first-order valence-corrected chi connectivity index (χ1v) is 11.2. The van der Waals surface area contributed by atoms with E-state index in [-0.39, 0.29) is 5.91 Å². The van der Waals surface area contributed by atoms with Crippen LogP contribution in [0.5, 0.6) is 23.0 Å². The van der Waals surface area contributed by atoms with E-state index in [9.17, 15) is 4.79 Å². The average molecular weight is 466 g/mol. The van der Waals surface area contributed by atoms with Crippen molar-refractivity contribution in [3.05, 3.63) is 36.4 Å². The Labute approximate surface area is 197 Å². The second kappa shape index (κ2) is 9.12. The molecule has 1 aromatic heterocycles. The third-order valence-corrected chi connectivity index (χ3v) is 6.12. The van der Waals surface area contributed by atoms with Crippen LogP contribution in [-0.2, 0) is 4.79 Å². The Bertz CT molecular complexity index is 1210. The zero-order valence-corrected chi connectivity index (χ0v) is 19.2. The van der Waals surface area contributed by atoms with Gasteiger partial charge in [-0.1, -0.05) is 12.1 Å². The summed E-state index contributed by atoms with van der Waals surface area (Å²) in [4.78, 5) is 26.2. The van der Waals surface area contributed by atoms with E-state index in [1.54, 1.807) is 26.4 Å². The lowest BCUT2D eigenvalue weighted by Gasteiger charge is -2.36. The molecule has 2 aromatic carbocycles. The lowest BCUT2D eigenvalue weighted by atomic mass is 10.2. The van der Waals surface area contributed by atoms with Gasteiger partial charge in [-0.15, -0.1) is 0 Å². The molecule has 1 fully saturated rings. The van der Waals surface area contributed by atoms with Gasteiger partial charge in [0, 0.05) is 44.1 Å². The fourth-order valence-electron chi connectivity index (χ4n) is 4.27. The largest absolute Gasteiger partial charge is 0.493 e. The number of nitrogen functional groups attached to an aromatic ring is 1. The summed E-state index contributed by atoms with van der Waals surface area (Å²) in [6.07, 6.45) is -0.0613. The summed E-state index contributed by atoms with van der Waals surface area (Å²) in [5.74, 6) is 3.27. The van der Waals surface area contributed by atoms with Gasteiger partial charge in [-0.2, -0.15) is 4.98 Å². The molecule has 5 rings (SSSR count). The second-order valence-electron chi connectivity index (χ2n) is 8.14. The minimum absolute atomic E-state index is 0.0317. The molecule has 1 atom stereocenters. The van der Waals surface area contributed by atoms with Gasteiger partial charge >= 0.3 is 0 Å². The van der Waals surface area contributed by atoms with Crippen molar-refractivity contribution < 1.29 is 23.7 Å². The van der Waals surface area contributed by atoms with E-state index in [1.807, 2.05) is 34.1 Å². The zero-order valence-electron chi connectivity index (χ0n) is 19.2. The number of carbonyl (C=O) groups is 1. The first kappa shape index (κ1) is 21.9. The number of carbonyl (C=O) groups excluding carboxylic acids is 1. The van der Waals surface area contributed by atoms with Crippen LogP contribution in [-0.4, -0.2) is 73.9 Å². The number of piperazine rings is 1. The molecule has 3 heterocycles. The Morgan fingerprint density at radius 1 is 1.03 bits per heavy atom. The van der Waals surface area contributed by atoms with Crippen molar-refractivity contribution in [1.29, 1.82) is 0 Å². The Morgan fingerprint density at radius 3 is 2.47 bits per heavy atom. The van der Waals surface area contributed by atoms with Gasteiger partial charge < -0.3 is 34.5 Å². The average Bonchev–Trinajstić information content (AvgIpc) is 3.10. The molecule has 10 nitrogen and oxygen atoms in total. The van der Waals surface area contributed by atoms with Gasteiger partial charge in [0.15, 0.2) is 29.1 Å². The lowest BCUT2D eigenvalue weighted by Crippen LogP contribution is -2.53. The van der Waals surface area contributed by atoms with Crippen LogP contribution in [0.15, 0.2) is 36.4 Å². The molecule has 0 aliphatic carbocycles. The molecule has 178 valence electrons. The van der Waals surface area contributed by atoms with E-state index in [2.05, 4.69) is 4.98 Å². The summed E-state index contributed by atoms with van der Waals surface area (Å²) in [5, 5.41) is 0.697. The maximum Gasteiger partial charge on any atom is 0.263 e. The third-order valence-electron chi connectivity index (χ3n) is 6.12. The maximum absolute atomic E-state index is 13.2. The highest BCUT2D eigenvalue weighted by atomic mass is 16.5. The van der Waals surface area contributed by atoms with Crippen molar-refractivity contribution in [3.8, 4) is 23.0 Å². The first-order chi connectivity index (χ1) is 16.6. The minimum Gasteiger partial charge on any atom is -0.493 e. The van der Waals surface area contributed by atoms with Crippen LogP contribution >= 0.6 is 0 Å². The van der Waals surface area contributed by atoms with Gasteiger partial charge in [0.2, 0.25) is 5.95 Å². The molecule has 0 saturated carbocycles. The van der Waals surface area contributed by atoms with Crippen LogP contribution in [0.4, 0.5) is 11.8 Å². The van der Waals surface area contributed by atoms with Gasteiger partial charge in [-0.05, 0) is 18.2 Å². The number of amides is 1. The molecule has 1 unspecified atom stereocenters. The number of nitrogens with two attached hydrogens (primary N) is 1. The summed E-state index contributed by atoms with van der Waals surface area (Å²) >= 11 is 0. The molecule has 0 spiro atoms. The van der Waals surface area contributed by atoms with Gasteiger partial charge in [-0.25, -0.2) is 4.98 Å². The molecule has 34 heavy (non-hydrogen) atoms. The molecule has 2 aliphatic heterocycles. The fraction of sp³-hybridized carbons (Fsp3) is 0.375. The highest BCUT2D eigenvalue weighted by Gasteiger charge is 2.31. The SMILES string of the molecule is COc1cc2nc(N3CCN(C(=O)C4CCOc5ccccc5O4)CC3)nc(N)c2cc1OC. The van der Waals surface area contributed by atoms with Crippen LogP contribution in [0.2, 0.25) is 0 Å². The standard InChI is InChI=1S/C24H27N5O5/c1-31-20-13-15-16(14-21(20)32-2)26-24(27-22(15)25)29-10-8-28(9-11-29)23(30)19-7-12-33-17-5-3-4-6-18(17)34-19/h3-6,13-14,19H,7-12H2,1-2H3,(H2,25,26,27). The number of ether oxygens (including phenoxy) is 4. The van der Waals surface area contributed by atoms with Crippen LogP contribution < -0.4 is 29.6 Å². The van der Waals surface area contributed by atoms with Crippen molar-refractivity contribution >= 4 is 28.6 Å². The van der Waals surface area contributed by atoms with Crippen molar-refractivity contribution in [2.75, 3.05) is 57.6 Å². The Balaban J connectivity index is 1.29. The summed E-state index contributed by atoms with van der Waals surface area (Å²) in [7, 11) is 3.15. The fourth-order valence-corrected chi connectivity index (χ4v) is 4.27. The molecule has 10 heteroatoms.